The van der Waals surface area contributed by atoms with E-state index in [4.69, 9.17) is 5.73 Å². The van der Waals surface area contributed by atoms with Crippen molar-refractivity contribution in [2.75, 3.05) is 11.1 Å². The summed E-state index contributed by atoms with van der Waals surface area (Å²) < 4.78 is 0. The zero-order valence-corrected chi connectivity index (χ0v) is 12.0. The number of rotatable bonds is 4. The van der Waals surface area contributed by atoms with Gasteiger partial charge in [-0.05, 0) is 23.3 Å². The third kappa shape index (κ3) is 3.24. The Morgan fingerprint density at radius 3 is 2.26 bits per heavy atom. The molecule has 0 radical (unpaired) electrons. The molecule has 0 fully saturated rings. The summed E-state index contributed by atoms with van der Waals surface area (Å²) in [5.74, 6) is 0.0361. The molecule has 3 N–H and O–H groups in total. The number of anilines is 3. The normalized spacial score (nSPS) is 10.3. The predicted octanol–water partition coefficient (Wildman–Crippen LogP) is 3.38. The lowest BCUT2D eigenvalue weighted by atomic mass is 10.1. The SMILES string of the molecule is Nc1nc(Nc2ccc(-c3ccccc3)cc2)ncc1[N+](=O)[O-]. The summed E-state index contributed by atoms with van der Waals surface area (Å²) in [6.07, 6.45) is 1.09. The third-order valence-corrected chi connectivity index (χ3v) is 3.24. The Morgan fingerprint density at radius 2 is 1.65 bits per heavy atom. The van der Waals surface area contributed by atoms with Gasteiger partial charge in [0.25, 0.3) is 0 Å². The van der Waals surface area contributed by atoms with Crippen LogP contribution >= 0.6 is 0 Å². The van der Waals surface area contributed by atoms with Crippen LogP contribution in [0.25, 0.3) is 11.1 Å². The molecule has 114 valence electrons. The van der Waals surface area contributed by atoms with Gasteiger partial charge in [0.15, 0.2) is 0 Å². The van der Waals surface area contributed by atoms with E-state index in [2.05, 4.69) is 15.3 Å². The summed E-state index contributed by atoms with van der Waals surface area (Å²) in [6, 6.07) is 17.7. The van der Waals surface area contributed by atoms with Crippen molar-refractivity contribution in [1.82, 2.24) is 9.97 Å². The highest BCUT2D eigenvalue weighted by Crippen LogP contribution is 2.23. The number of nitrogens with two attached hydrogens (primary N) is 1. The second kappa shape index (κ2) is 6.10. The van der Waals surface area contributed by atoms with E-state index in [1.807, 2.05) is 54.6 Å². The van der Waals surface area contributed by atoms with Crippen LogP contribution in [0.5, 0.6) is 0 Å². The molecule has 0 bridgehead atoms. The first-order valence-electron chi connectivity index (χ1n) is 6.83. The van der Waals surface area contributed by atoms with Crippen molar-refractivity contribution in [2.24, 2.45) is 0 Å². The van der Waals surface area contributed by atoms with Gasteiger partial charge in [0, 0.05) is 5.69 Å². The Hall–Kier alpha value is -3.48. The number of hydrogen-bond acceptors (Lipinski definition) is 6. The molecule has 0 spiro atoms. The van der Waals surface area contributed by atoms with Crippen LogP contribution in [0.1, 0.15) is 0 Å². The number of benzene rings is 2. The summed E-state index contributed by atoms with van der Waals surface area (Å²) >= 11 is 0. The van der Waals surface area contributed by atoms with Gasteiger partial charge in [-0.2, -0.15) is 4.98 Å². The van der Waals surface area contributed by atoms with Gasteiger partial charge in [-0.1, -0.05) is 42.5 Å². The summed E-state index contributed by atoms with van der Waals surface area (Å²) in [4.78, 5) is 17.8. The lowest BCUT2D eigenvalue weighted by Gasteiger charge is -2.07. The Labute approximate surface area is 132 Å². The molecule has 0 aliphatic heterocycles. The van der Waals surface area contributed by atoms with Gasteiger partial charge in [0.05, 0.1) is 4.92 Å². The first-order valence-corrected chi connectivity index (χ1v) is 6.83. The number of nitrogen functional groups attached to an aromatic ring is 1. The standard InChI is InChI=1S/C16H13N5O2/c17-15-14(21(22)23)10-18-16(20-15)19-13-8-6-12(7-9-13)11-4-2-1-3-5-11/h1-10H,(H3,17,18,19,20). The van der Waals surface area contributed by atoms with Crippen LogP contribution in [-0.2, 0) is 0 Å². The fourth-order valence-electron chi connectivity index (χ4n) is 2.10. The fourth-order valence-corrected chi connectivity index (χ4v) is 2.10. The number of nitro groups is 1. The van der Waals surface area contributed by atoms with Crippen molar-refractivity contribution < 1.29 is 4.92 Å². The van der Waals surface area contributed by atoms with Crippen molar-refractivity contribution in [1.29, 1.82) is 0 Å². The molecule has 7 heteroatoms. The lowest BCUT2D eigenvalue weighted by Crippen LogP contribution is -2.03. The van der Waals surface area contributed by atoms with E-state index in [0.29, 0.717) is 0 Å². The zero-order valence-electron chi connectivity index (χ0n) is 12.0. The van der Waals surface area contributed by atoms with E-state index >= 15 is 0 Å². The van der Waals surface area contributed by atoms with Crippen molar-refractivity contribution >= 4 is 23.1 Å². The highest BCUT2D eigenvalue weighted by Gasteiger charge is 2.14. The number of hydrogen-bond donors (Lipinski definition) is 2. The van der Waals surface area contributed by atoms with Crippen LogP contribution in [0.15, 0.2) is 60.8 Å². The van der Waals surface area contributed by atoms with Crippen molar-refractivity contribution in [2.45, 2.75) is 0 Å². The molecule has 0 aliphatic rings. The molecule has 0 aliphatic carbocycles. The molecule has 3 rings (SSSR count). The molecule has 1 aromatic heterocycles. The highest BCUT2D eigenvalue weighted by atomic mass is 16.6. The average molecular weight is 307 g/mol. The highest BCUT2D eigenvalue weighted by molar-refractivity contribution is 5.67. The van der Waals surface area contributed by atoms with Gasteiger partial charge in [0.1, 0.15) is 6.20 Å². The summed E-state index contributed by atoms with van der Waals surface area (Å²) in [5.41, 5.74) is 8.20. The van der Waals surface area contributed by atoms with Gasteiger partial charge in [0.2, 0.25) is 11.8 Å². The van der Waals surface area contributed by atoms with Crippen molar-refractivity contribution in [3.8, 4) is 11.1 Å². The smallest absolute Gasteiger partial charge is 0.329 e. The number of nitrogens with one attached hydrogen (secondary N) is 1. The van der Waals surface area contributed by atoms with Crippen LogP contribution < -0.4 is 11.1 Å². The first-order chi connectivity index (χ1) is 11.1. The minimum Gasteiger partial charge on any atom is -0.378 e. The monoisotopic (exact) mass is 307 g/mol. The van der Waals surface area contributed by atoms with Gasteiger partial charge < -0.3 is 11.1 Å². The quantitative estimate of drug-likeness (QED) is 0.565. The van der Waals surface area contributed by atoms with E-state index in [1.165, 1.54) is 0 Å². The first kappa shape index (κ1) is 14.5. The zero-order chi connectivity index (χ0) is 16.2. The molecule has 0 atom stereocenters. The molecule has 1 heterocycles. The maximum Gasteiger partial charge on any atom is 0.329 e. The van der Waals surface area contributed by atoms with Gasteiger partial charge in [-0.3, -0.25) is 10.1 Å². The van der Waals surface area contributed by atoms with Gasteiger partial charge in [-0.15, -0.1) is 0 Å². The largest absolute Gasteiger partial charge is 0.378 e. The van der Waals surface area contributed by atoms with Crippen LogP contribution in [0.2, 0.25) is 0 Å². The molecule has 0 amide bonds. The third-order valence-electron chi connectivity index (χ3n) is 3.24. The molecule has 0 saturated carbocycles. The van der Waals surface area contributed by atoms with Crippen molar-refractivity contribution in [3.05, 3.63) is 70.9 Å². The molecule has 3 aromatic rings. The van der Waals surface area contributed by atoms with E-state index < -0.39 is 4.92 Å². The van der Waals surface area contributed by atoms with Crippen LogP contribution in [0, 0.1) is 10.1 Å². The molecular formula is C16H13N5O2. The molecule has 23 heavy (non-hydrogen) atoms. The van der Waals surface area contributed by atoms with Crippen LogP contribution in [0.4, 0.5) is 23.1 Å². The summed E-state index contributed by atoms with van der Waals surface area (Å²) in [6.45, 7) is 0. The minimum atomic E-state index is -0.617. The lowest BCUT2D eigenvalue weighted by molar-refractivity contribution is -0.384. The van der Waals surface area contributed by atoms with E-state index in [-0.39, 0.29) is 17.5 Å². The topological polar surface area (TPSA) is 107 Å². The molecule has 0 unspecified atom stereocenters. The van der Waals surface area contributed by atoms with E-state index in [0.717, 1.165) is 23.0 Å². The number of nitrogens with zero attached hydrogens (tertiary/aromatic N) is 3. The summed E-state index contributed by atoms with van der Waals surface area (Å²) in [5, 5.41) is 13.7. The molecular weight excluding hydrogens is 294 g/mol. The van der Waals surface area contributed by atoms with Crippen LogP contribution in [-0.4, -0.2) is 14.9 Å². The van der Waals surface area contributed by atoms with Gasteiger partial charge >= 0.3 is 5.69 Å². The maximum absolute atomic E-state index is 10.7. The molecule has 0 saturated heterocycles. The van der Waals surface area contributed by atoms with E-state index in [9.17, 15) is 10.1 Å². The second-order valence-corrected chi connectivity index (χ2v) is 4.79. The van der Waals surface area contributed by atoms with Crippen molar-refractivity contribution in [3.63, 3.8) is 0 Å². The second-order valence-electron chi connectivity index (χ2n) is 4.79. The fraction of sp³-hybridized carbons (Fsp3) is 0. The van der Waals surface area contributed by atoms with E-state index in [1.54, 1.807) is 0 Å². The predicted molar refractivity (Wildman–Crippen MR) is 88.3 cm³/mol. The maximum atomic E-state index is 10.7. The molecule has 2 aromatic carbocycles. The Morgan fingerprint density at radius 1 is 1.00 bits per heavy atom. The molecule has 7 nitrogen and oxygen atoms in total. The average Bonchev–Trinajstić information content (AvgIpc) is 2.56. The number of aromatic nitrogens is 2. The minimum absolute atomic E-state index is 0.173. The van der Waals surface area contributed by atoms with Gasteiger partial charge in [-0.25, -0.2) is 4.98 Å². The Bertz CT molecular complexity index is 835. The summed E-state index contributed by atoms with van der Waals surface area (Å²) in [7, 11) is 0. The Kier molecular flexibility index (Phi) is 3.84. The Balaban J connectivity index is 1.79. The van der Waals surface area contributed by atoms with Crippen LogP contribution in [0.3, 0.4) is 0 Å².